The Hall–Kier alpha value is -0.180. The lowest BCUT2D eigenvalue weighted by Crippen LogP contribution is -2.11. The fourth-order valence-corrected chi connectivity index (χ4v) is 2.54. The number of carbonyl (C=O) groups excluding carboxylic acids is 1. The molecule has 0 aliphatic rings. The van der Waals surface area contributed by atoms with Crippen molar-refractivity contribution in [3.63, 3.8) is 0 Å². The second kappa shape index (κ2) is 6.67. The molecule has 94 valence electrons. The van der Waals surface area contributed by atoms with Crippen LogP contribution in [0.2, 0.25) is 10.0 Å². The van der Waals surface area contributed by atoms with Gasteiger partial charge in [0, 0.05) is 15.8 Å². The number of Topliss-reactive ketones (excluding diaryl/α,β-unsaturated/α-hetero) is 1. The van der Waals surface area contributed by atoms with Gasteiger partial charge in [0.05, 0.1) is 10.8 Å². The monoisotopic (exact) mass is 290 g/mol. The summed E-state index contributed by atoms with van der Waals surface area (Å²) in [6.07, 6.45) is 0. The SMILES string of the molecule is CC(C)C(C)SCC(=O)c1cc(Cl)ccc1Cl. The molecule has 1 rings (SSSR count). The number of hydrogen-bond acceptors (Lipinski definition) is 2. The quantitative estimate of drug-likeness (QED) is 0.714. The highest BCUT2D eigenvalue weighted by molar-refractivity contribution is 8.00. The zero-order valence-corrected chi connectivity index (χ0v) is 12.5. The lowest BCUT2D eigenvalue weighted by atomic mass is 10.1. The van der Waals surface area contributed by atoms with E-state index < -0.39 is 0 Å². The van der Waals surface area contributed by atoms with Gasteiger partial charge in [-0.3, -0.25) is 4.79 Å². The Balaban J connectivity index is 2.67. The number of carbonyl (C=O) groups is 1. The molecular weight excluding hydrogens is 275 g/mol. The van der Waals surface area contributed by atoms with Crippen molar-refractivity contribution in [3.05, 3.63) is 33.8 Å². The molecule has 0 saturated heterocycles. The minimum absolute atomic E-state index is 0.0370. The molecule has 1 aromatic carbocycles. The molecule has 0 amide bonds. The van der Waals surface area contributed by atoms with Crippen molar-refractivity contribution < 1.29 is 4.79 Å². The molecule has 1 unspecified atom stereocenters. The molecule has 1 nitrogen and oxygen atoms in total. The Kier molecular flexibility index (Phi) is 5.84. The number of halogens is 2. The summed E-state index contributed by atoms with van der Waals surface area (Å²) in [6.45, 7) is 6.42. The Morgan fingerprint density at radius 2 is 1.94 bits per heavy atom. The molecule has 1 aromatic rings. The van der Waals surface area contributed by atoms with E-state index in [1.54, 1.807) is 30.0 Å². The maximum atomic E-state index is 12.0. The molecular formula is C13H16Cl2OS. The predicted molar refractivity (Wildman–Crippen MR) is 77.6 cm³/mol. The summed E-state index contributed by atoms with van der Waals surface area (Å²) in [5, 5.41) is 1.47. The average Bonchev–Trinajstić information content (AvgIpc) is 2.28. The zero-order valence-electron chi connectivity index (χ0n) is 10.2. The number of hydrogen-bond donors (Lipinski definition) is 0. The molecule has 0 spiro atoms. The van der Waals surface area contributed by atoms with E-state index in [0.29, 0.717) is 32.5 Å². The van der Waals surface area contributed by atoms with E-state index in [1.807, 2.05) is 0 Å². The van der Waals surface area contributed by atoms with Crippen LogP contribution in [0.1, 0.15) is 31.1 Å². The van der Waals surface area contributed by atoms with Gasteiger partial charge >= 0.3 is 0 Å². The maximum absolute atomic E-state index is 12.0. The Morgan fingerprint density at radius 1 is 1.29 bits per heavy atom. The Bertz CT molecular complexity index is 404. The van der Waals surface area contributed by atoms with Crippen LogP contribution >= 0.6 is 35.0 Å². The van der Waals surface area contributed by atoms with Crippen molar-refractivity contribution >= 4 is 40.7 Å². The van der Waals surface area contributed by atoms with Crippen LogP contribution < -0.4 is 0 Å². The number of benzene rings is 1. The van der Waals surface area contributed by atoms with Gasteiger partial charge in [-0.15, -0.1) is 0 Å². The van der Waals surface area contributed by atoms with Crippen LogP contribution in [0.3, 0.4) is 0 Å². The van der Waals surface area contributed by atoms with E-state index in [1.165, 1.54) is 0 Å². The fraction of sp³-hybridized carbons (Fsp3) is 0.462. The summed E-state index contributed by atoms with van der Waals surface area (Å²) in [5.74, 6) is 1.04. The molecule has 0 heterocycles. The average molecular weight is 291 g/mol. The standard InChI is InChI=1S/C13H16Cl2OS/c1-8(2)9(3)17-7-13(16)11-6-10(14)4-5-12(11)15/h4-6,8-9H,7H2,1-3H3. The van der Waals surface area contributed by atoms with Gasteiger partial charge in [0.1, 0.15) is 0 Å². The first-order valence-corrected chi connectivity index (χ1v) is 7.32. The summed E-state index contributed by atoms with van der Waals surface area (Å²) in [6, 6.07) is 4.98. The molecule has 1 atom stereocenters. The topological polar surface area (TPSA) is 17.1 Å². The minimum atomic E-state index is 0.0370. The van der Waals surface area contributed by atoms with Gasteiger partial charge in [-0.05, 0) is 24.1 Å². The largest absolute Gasteiger partial charge is 0.293 e. The van der Waals surface area contributed by atoms with E-state index >= 15 is 0 Å². The van der Waals surface area contributed by atoms with Crippen molar-refractivity contribution in [3.8, 4) is 0 Å². The van der Waals surface area contributed by atoms with Crippen LogP contribution in [0.4, 0.5) is 0 Å². The van der Waals surface area contributed by atoms with Crippen LogP contribution in [0.5, 0.6) is 0 Å². The molecule has 4 heteroatoms. The molecule has 0 radical (unpaired) electrons. The Morgan fingerprint density at radius 3 is 2.53 bits per heavy atom. The third-order valence-corrected chi connectivity index (χ3v) is 4.71. The van der Waals surface area contributed by atoms with Crippen molar-refractivity contribution in [2.75, 3.05) is 5.75 Å². The second-order valence-corrected chi connectivity index (χ2v) is 6.52. The smallest absolute Gasteiger partial charge is 0.174 e. The van der Waals surface area contributed by atoms with Gasteiger partial charge < -0.3 is 0 Å². The van der Waals surface area contributed by atoms with Gasteiger partial charge in [-0.2, -0.15) is 11.8 Å². The van der Waals surface area contributed by atoms with Crippen LogP contribution in [0.15, 0.2) is 18.2 Å². The Labute approximate surface area is 117 Å². The van der Waals surface area contributed by atoms with Gasteiger partial charge in [0.15, 0.2) is 5.78 Å². The third kappa shape index (κ3) is 4.53. The predicted octanol–water partition coefficient (Wildman–Crippen LogP) is 4.95. The van der Waals surface area contributed by atoms with Gasteiger partial charge in [-0.1, -0.05) is 44.0 Å². The van der Waals surface area contributed by atoms with Gasteiger partial charge in [-0.25, -0.2) is 0 Å². The summed E-state index contributed by atoms with van der Waals surface area (Å²) >= 11 is 13.5. The summed E-state index contributed by atoms with van der Waals surface area (Å²) in [4.78, 5) is 12.0. The first-order chi connectivity index (χ1) is 7.91. The maximum Gasteiger partial charge on any atom is 0.174 e. The van der Waals surface area contributed by atoms with Crippen molar-refractivity contribution in [2.45, 2.75) is 26.0 Å². The second-order valence-electron chi connectivity index (χ2n) is 4.31. The fourth-order valence-electron chi connectivity index (χ4n) is 1.19. The van der Waals surface area contributed by atoms with Crippen LogP contribution in [-0.4, -0.2) is 16.8 Å². The normalized spacial score (nSPS) is 12.8. The van der Waals surface area contributed by atoms with Crippen LogP contribution in [-0.2, 0) is 0 Å². The first kappa shape index (κ1) is 14.9. The van der Waals surface area contributed by atoms with Gasteiger partial charge in [0.2, 0.25) is 0 Å². The third-order valence-electron chi connectivity index (χ3n) is 2.64. The molecule has 0 aliphatic carbocycles. The number of rotatable bonds is 5. The van der Waals surface area contributed by atoms with E-state index in [-0.39, 0.29) is 5.78 Å². The zero-order chi connectivity index (χ0) is 13.0. The molecule has 0 aliphatic heterocycles. The van der Waals surface area contributed by atoms with E-state index in [0.717, 1.165) is 0 Å². The van der Waals surface area contributed by atoms with Crippen LogP contribution in [0, 0.1) is 5.92 Å². The highest BCUT2D eigenvalue weighted by Crippen LogP contribution is 2.24. The van der Waals surface area contributed by atoms with E-state index in [4.69, 9.17) is 23.2 Å². The lowest BCUT2D eigenvalue weighted by molar-refractivity contribution is 0.102. The molecule has 0 fully saturated rings. The first-order valence-electron chi connectivity index (χ1n) is 5.51. The summed E-state index contributed by atoms with van der Waals surface area (Å²) in [5.41, 5.74) is 0.516. The van der Waals surface area contributed by atoms with Gasteiger partial charge in [0.25, 0.3) is 0 Å². The molecule has 0 saturated carbocycles. The molecule has 0 aromatic heterocycles. The number of ketones is 1. The van der Waals surface area contributed by atoms with E-state index in [9.17, 15) is 4.79 Å². The highest BCUT2D eigenvalue weighted by atomic mass is 35.5. The van der Waals surface area contributed by atoms with Crippen LogP contribution in [0.25, 0.3) is 0 Å². The van der Waals surface area contributed by atoms with E-state index in [2.05, 4.69) is 20.8 Å². The summed E-state index contributed by atoms with van der Waals surface area (Å²) < 4.78 is 0. The van der Waals surface area contributed by atoms with Crippen molar-refractivity contribution in [1.29, 1.82) is 0 Å². The molecule has 17 heavy (non-hydrogen) atoms. The molecule has 0 bridgehead atoms. The summed E-state index contributed by atoms with van der Waals surface area (Å²) in [7, 11) is 0. The highest BCUT2D eigenvalue weighted by Gasteiger charge is 2.14. The van der Waals surface area contributed by atoms with Crippen molar-refractivity contribution in [2.24, 2.45) is 5.92 Å². The van der Waals surface area contributed by atoms with Crippen molar-refractivity contribution in [1.82, 2.24) is 0 Å². The number of thioether (sulfide) groups is 1. The minimum Gasteiger partial charge on any atom is -0.293 e. The lowest BCUT2D eigenvalue weighted by Gasteiger charge is -2.14. The molecule has 0 N–H and O–H groups in total.